The molecule has 0 unspecified atom stereocenters. The third-order valence-corrected chi connectivity index (χ3v) is 5.81. The summed E-state index contributed by atoms with van der Waals surface area (Å²) in [7, 11) is 1.27. The standard InChI is InChI=1S/C26H27N3O5/c1-3-13-29-14-12-22-19(15-29)24(17-8-4-6-10-20(17)27-22)26(32)34-16-23(30)28-21-11-7-5-9-18(21)25(31)33-2/h4-11H,3,12-16H2,1-2H3,(H,28,30). The molecule has 4 rings (SSSR count). The summed E-state index contributed by atoms with van der Waals surface area (Å²) in [6.45, 7) is 4.08. The third kappa shape index (κ3) is 4.92. The fourth-order valence-corrected chi connectivity index (χ4v) is 4.26. The molecular formula is C26H27N3O5. The van der Waals surface area contributed by atoms with Crippen LogP contribution in [-0.4, -0.2) is 54.5 Å². The van der Waals surface area contributed by atoms with Crippen LogP contribution in [0, 0.1) is 0 Å². The second kappa shape index (κ2) is 10.4. The van der Waals surface area contributed by atoms with E-state index in [1.54, 1.807) is 24.3 Å². The predicted octanol–water partition coefficient (Wildman–Crippen LogP) is 3.59. The van der Waals surface area contributed by atoms with E-state index in [1.807, 2.05) is 24.3 Å². The highest BCUT2D eigenvalue weighted by atomic mass is 16.5. The number of anilines is 1. The van der Waals surface area contributed by atoms with Crippen molar-refractivity contribution in [3.8, 4) is 0 Å². The normalized spacial score (nSPS) is 13.2. The Morgan fingerprint density at radius 1 is 1.06 bits per heavy atom. The molecular weight excluding hydrogens is 434 g/mol. The molecule has 3 aromatic rings. The molecule has 0 saturated heterocycles. The number of rotatable bonds is 7. The third-order valence-electron chi connectivity index (χ3n) is 5.81. The highest BCUT2D eigenvalue weighted by Gasteiger charge is 2.27. The van der Waals surface area contributed by atoms with Gasteiger partial charge in [-0.2, -0.15) is 0 Å². The fraction of sp³-hybridized carbons (Fsp3) is 0.308. The van der Waals surface area contributed by atoms with Gasteiger partial charge in [-0.1, -0.05) is 37.3 Å². The van der Waals surface area contributed by atoms with Crippen molar-refractivity contribution in [2.75, 3.05) is 32.1 Å². The van der Waals surface area contributed by atoms with Gasteiger partial charge in [0.05, 0.1) is 29.4 Å². The number of carbonyl (C=O) groups excluding carboxylic acids is 3. The van der Waals surface area contributed by atoms with Gasteiger partial charge in [0, 0.05) is 36.2 Å². The maximum absolute atomic E-state index is 13.3. The van der Waals surface area contributed by atoms with Gasteiger partial charge in [-0.3, -0.25) is 14.7 Å². The Hall–Kier alpha value is -3.78. The fourth-order valence-electron chi connectivity index (χ4n) is 4.26. The van der Waals surface area contributed by atoms with Crippen LogP contribution in [0.25, 0.3) is 10.9 Å². The summed E-state index contributed by atoms with van der Waals surface area (Å²) in [6, 6.07) is 14.0. The number of nitrogens with zero attached hydrogens (tertiary/aromatic N) is 2. The van der Waals surface area contributed by atoms with Crippen LogP contribution in [0.5, 0.6) is 0 Å². The Morgan fingerprint density at radius 2 is 1.82 bits per heavy atom. The van der Waals surface area contributed by atoms with E-state index in [0.29, 0.717) is 17.5 Å². The molecule has 1 aromatic heterocycles. The Labute approximate surface area is 197 Å². The summed E-state index contributed by atoms with van der Waals surface area (Å²) >= 11 is 0. The first-order valence-electron chi connectivity index (χ1n) is 11.3. The SMILES string of the molecule is CCCN1CCc2nc3ccccc3c(C(=O)OCC(=O)Nc3ccccc3C(=O)OC)c2C1. The van der Waals surface area contributed by atoms with Crippen molar-refractivity contribution >= 4 is 34.4 Å². The largest absolute Gasteiger partial charge is 0.465 e. The van der Waals surface area contributed by atoms with Gasteiger partial charge in [-0.05, 0) is 31.2 Å². The lowest BCUT2D eigenvalue weighted by atomic mass is 9.95. The molecule has 1 N–H and O–H groups in total. The van der Waals surface area contributed by atoms with Crippen molar-refractivity contribution in [2.24, 2.45) is 0 Å². The number of benzene rings is 2. The predicted molar refractivity (Wildman–Crippen MR) is 128 cm³/mol. The van der Waals surface area contributed by atoms with Gasteiger partial charge >= 0.3 is 11.9 Å². The Bertz CT molecular complexity index is 1240. The number of esters is 2. The van der Waals surface area contributed by atoms with E-state index in [-0.39, 0.29) is 11.3 Å². The number of pyridine rings is 1. The number of aromatic nitrogens is 1. The summed E-state index contributed by atoms with van der Waals surface area (Å²) in [6.07, 6.45) is 1.77. The average molecular weight is 462 g/mol. The molecule has 1 aliphatic rings. The number of methoxy groups -OCH3 is 1. The number of hydrogen-bond donors (Lipinski definition) is 1. The van der Waals surface area contributed by atoms with Crippen LogP contribution in [0.3, 0.4) is 0 Å². The summed E-state index contributed by atoms with van der Waals surface area (Å²) in [4.78, 5) is 44.8. The molecule has 0 saturated carbocycles. The van der Waals surface area contributed by atoms with E-state index in [9.17, 15) is 14.4 Å². The minimum atomic E-state index is -0.570. The summed E-state index contributed by atoms with van der Waals surface area (Å²) in [5.74, 6) is -1.69. The molecule has 0 fully saturated rings. The number of ether oxygens (including phenoxy) is 2. The Balaban J connectivity index is 1.55. The van der Waals surface area contributed by atoms with Crippen molar-refractivity contribution in [1.82, 2.24) is 9.88 Å². The van der Waals surface area contributed by atoms with E-state index in [0.717, 1.165) is 42.7 Å². The Morgan fingerprint density at radius 3 is 2.62 bits per heavy atom. The molecule has 176 valence electrons. The molecule has 8 nitrogen and oxygen atoms in total. The first-order chi connectivity index (χ1) is 16.5. The topological polar surface area (TPSA) is 97.8 Å². The van der Waals surface area contributed by atoms with Gasteiger partial charge < -0.3 is 14.8 Å². The van der Waals surface area contributed by atoms with Crippen molar-refractivity contribution in [2.45, 2.75) is 26.3 Å². The maximum Gasteiger partial charge on any atom is 0.339 e. The first kappa shape index (κ1) is 23.4. The molecule has 2 heterocycles. The molecule has 0 spiro atoms. The molecule has 0 radical (unpaired) electrons. The molecule has 0 bridgehead atoms. The lowest BCUT2D eigenvalue weighted by molar-refractivity contribution is -0.119. The van der Waals surface area contributed by atoms with Crippen LogP contribution in [0.4, 0.5) is 5.69 Å². The van der Waals surface area contributed by atoms with Gasteiger partial charge in [-0.15, -0.1) is 0 Å². The zero-order valence-electron chi connectivity index (χ0n) is 19.3. The molecule has 8 heteroatoms. The van der Waals surface area contributed by atoms with Crippen LogP contribution < -0.4 is 5.32 Å². The van der Waals surface area contributed by atoms with Crippen LogP contribution in [0.1, 0.15) is 45.3 Å². The lowest BCUT2D eigenvalue weighted by Crippen LogP contribution is -2.33. The maximum atomic E-state index is 13.3. The van der Waals surface area contributed by atoms with Gasteiger partial charge in [0.2, 0.25) is 0 Å². The van der Waals surface area contributed by atoms with Gasteiger partial charge in [0.1, 0.15) is 0 Å². The number of fused-ring (bicyclic) bond motifs is 2. The number of nitrogens with one attached hydrogen (secondary N) is 1. The van der Waals surface area contributed by atoms with Crippen molar-refractivity contribution < 1.29 is 23.9 Å². The van der Waals surface area contributed by atoms with Crippen molar-refractivity contribution in [3.63, 3.8) is 0 Å². The quantitative estimate of drug-likeness (QED) is 0.537. The molecule has 1 amide bonds. The zero-order valence-corrected chi connectivity index (χ0v) is 19.3. The Kier molecular flexibility index (Phi) is 7.18. The van der Waals surface area contributed by atoms with Crippen molar-refractivity contribution in [3.05, 3.63) is 70.9 Å². The van der Waals surface area contributed by atoms with E-state index >= 15 is 0 Å². The molecule has 2 aromatic carbocycles. The number of amides is 1. The second-order valence-electron chi connectivity index (χ2n) is 8.12. The molecule has 0 atom stereocenters. The average Bonchev–Trinajstić information content (AvgIpc) is 2.86. The van der Waals surface area contributed by atoms with E-state index in [2.05, 4.69) is 17.1 Å². The van der Waals surface area contributed by atoms with Crippen LogP contribution in [-0.2, 0) is 27.2 Å². The summed E-state index contributed by atoms with van der Waals surface area (Å²) in [5, 5.41) is 3.33. The number of para-hydroxylation sites is 2. The molecule has 0 aliphatic carbocycles. The highest BCUT2D eigenvalue weighted by molar-refractivity contribution is 6.06. The van der Waals surface area contributed by atoms with Crippen molar-refractivity contribution in [1.29, 1.82) is 0 Å². The lowest BCUT2D eigenvalue weighted by Gasteiger charge is -2.29. The smallest absolute Gasteiger partial charge is 0.339 e. The summed E-state index contributed by atoms with van der Waals surface area (Å²) in [5.41, 5.74) is 3.46. The van der Waals surface area contributed by atoms with E-state index < -0.39 is 24.5 Å². The molecule has 34 heavy (non-hydrogen) atoms. The minimum Gasteiger partial charge on any atom is -0.465 e. The highest BCUT2D eigenvalue weighted by Crippen LogP contribution is 2.29. The van der Waals surface area contributed by atoms with Crippen LogP contribution in [0.2, 0.25) is 0 Å². The number of hydrogen-bond acceptors (Lipinski definition) is 7. The second-order valence-corrected chi connectivity index (χ2v) is 8.12. The first-order valence-corrected chi connectivity index (χ1v) is 11.3. The van der Waals surface area contributed by atoms with Gasteiger partial charge in [0.25, 0.3) is 5.91 Å². The van der Waals surface area contributed by atoms with Gasteiger partial charge in [-0.25, -0.2) is 9.59 Å². The summed E-state index contributed by atoms with van der Waals surface area (Å²) < 4.78 is 10.2. The van der Waals surface area contributed by atoms with E-state index in [4.69, 9.17) is 14.5 Å². The zero-order chi connectivity index (χ0) is 24.1. The van der Waals surface area contributed by atoms with E-state index in [1.165, 1.54) is 7.11 Å². The molecule has 1 aliphatic heterocycles. The van der Waals surface area contributed by atoms with Crippen LogP contribution >= 0.6 is 0 Å². The number of carbonyl (C=O) groups is 3. The monoisotopic (exact) mass is 461 g/mol. The van der Waals surface area contributed by atoms with Crippen LogP contribution in [0.15, 0.2) is 48.5 Å². The van der Waals surface area contributed by atoms with Gasteiger partial charge in [0.15, 0.2) is 6.61 Å². The minimum absolute atomic E-state index is 0.217.